The fraction of sp³-hybridized carbons (Fsp3) is 0.846. The first-order valence-corrected chi connectivity index (χ1v) is 6.68. The third kappa shape index (κ3) is 2.86. The van der Waals surface area contributed by atoms with Crippen LogP contribution in [0.5, 0.6) is 0 Å². The van der Waals surface area contributed by atoms with E-state index in [0.717, 1.165) is 37.9 Å². The predicted molar refractivity (Wildman–Crippen MR) is 64.6 cm³/mol. The average Bonchev–Trinajstić information content (AvgIpc) is 2.71. The van der Waals surface area contributed by atoms with Crippen molar-refractivity contribution in [2.24, 2.45) is 5.92 Å². The molecule has 1 aromatic rings. The summed E-state index contributed by atoms with van der Waals surface area (Å²) in [5.74, 6) is 1.66. The highest BCUT2D eigenvalue weighted by Gasteiger charge is 2.37. The molecule has 4 heteroatoms. The Hall–Kier alpha value is -0.900. The maximum atomic E-state index is 10.6. The molecular formula is C13H22N2O2. The Morgan fingerprint density at radius 1 is 1.47 bits per heavy atom. The third-order valence-corrected chi connectivity index (χ3v) is 3.86. The molecule has 1 saturated carbocycles. The summed E-state index contributed by atoms with van der Waals surface area (Å²) in [5, 5.41) is 14.5. The molecule has 0 aromatic carbocycles. The lowest BCUT2D eigenvalue weighted by molar-refractivity contribution is -0.0456. The van der Waals surface area contributed by atoms with E-state index in [1.807, 2.05) is 0 Å². The fourth-order valence-electron chi connectivity index (χ4n) is 2.61. The quantitative estimate of drug-likeness (QED) is 0.875. The molecule has 0 radical (unpaired) electrons. The van der Waals surface area contributed by atoms with Gasteiger partial charge in [-0.3, -0.25) is 0 Å². The molecule has 4 nitrogen and oxygen atoms in total. The zero-order valence-corrected chi connectivity index (χ0v) is 10.8. The number of rotatable bonds is 4. The van der Waals surface area contributed by atoms with Gasteiger partial charge in [0.1, 0.15) is 0 Å². The van der Waals surface area contributed by atoms with Gasteiger partial charge < -0.3 is 9.63 Å². The van der Waals surface area contributed by atoms with Gasteiger partial charge >= 0.3 is 0 Å². The molecule has 0 unspecified atom stereocenters. The molecule has 1 aliphatic carbocycles. The number of hydrogen-bond acceptors (Lipinski definition) is 4. The van der Waals surface area contributed by atoms with Crippen LogP contribution >= 0.6 is 0 Å². The summed E-state index contributed by atoms with van der Waals surface area (Å²) in [6, 6.07) is 0. The number of aryl methyl sites for hydroxylation is 1. The lowest BCUT2D eigenvalue weighted by Gasteiger charge is -2.37. The lowest BCUT2D eigenvalue weighted by atomic mass is 9.74. The topological polar surface area (TPSA) is 59.2 Å². The van der Waals surface area contributed by atoms with Crippen molar-refractivity contribution >= 4 is 0 Å². The highest BCUT2D eigenvalue weighted by molar-refractivity contribution is 4.97. The zero-order chi connectivity index (χ0) is 12.3. The molecule has 0 saturated heterocycles. The molecule has 1 N–H and O–H groups in total. The van der Waals surface area contributed by atoms with Crippen molar-refractivity contribution in [1.82, 2.24) is 10.1 Å². The summed E-state index contributed by atoms with van der Waals surface area (Å²) in [6.07, 6.45) is 6.61. The Kier molecular flexibility index (Phi) is 3.82. The summed E-state index contributed by atoms with van der Waals surface area (Å²) < 4.78 is 5.21. The van der Waals surface area contributed by atoms with Crippen LogP contribution in [0.2, 0.25) is 0 Å². The van der Waals surface area contributed by atoms with Crippen LogP contribution in [0.15, 0.2) is 4.52 Å². The Bertz CT molecular complexity index is 364. The summed E-state index contributed by atoms with van der Waals surface area (Å²) in [7, 11) is 0. The molecular weight excluding hydrogens is 216 g/mol. The van der Waals surface area contributed by atoms with Gasteiger partial charge in [-0.1, -0.05) is 31.8 Å². The van der Waals surface area contributed by atoms with Gasteiger partial charge in [0.15, 0.2) is 5.82 Å². The van der Waals surface area contributed by atoms with E-state index in [1.54, 1.807) is 0 Å². The third-order valence-electron chi connectivity index (χ3n) is 3.86. The zero-order valence-electron chi connectivity index (χ0n) is 10.8. The highest BCUT2D eigenvalue weighted by Crippen LogP contribution is 2.35. The average molecular weight is 238 g/mol. The molecule has 0 aliphatic heterocycles. The van der Waals surface area contributed by atoms with Crippen LogP contribution in [0, 0.1) is 5.92 Å². The molecule has 1 heterocycles. The number of nitrogens with zero attached hydrogens (tertiary/aromatic N) is 2. The molecule has 1 fully saturated rings. The van der Waals surface area contributed by atoms with Crippen LogP contribution in [0.25, 0.3) is 0 Å². The van der Waals surface area contributed by atoms with Gasteiger partial charge in [-0.05, 0) is 25.2 Å². The van der Waals surface area contributed by atoms with E-state index >= 15 is 0 Å². The molecule has 17 heavy (non-hydrogen) atoms. The van der Waals surface area contributed by atoms with E-state index < -0.39 is 5.60 Å². The molecule has 2 atom stereocenters. The first-order valence-electron chi connectivity index (χ1n) is 6.68. The van der Waals surface area contributed by atoms with Crippen molar-refractivity contribution < 1.29 is 9.63 Å². The summed E-state index contributed by atoms with van der Waals surface area (Å²) >= 11 is 0. The van der Waals surface area contributed by atoms with E-state index in [1.165, 1.54) is 6.42 Å². The summed E-state index contributed by atoms with van der Waals surface area (Å²) in [4.78, 5) is 4.34. The van der Waals surface area contributed by atoms with Crippen LogP contribution < -0.4 is 0 Å². The fourth-order valence-corrected chi connectivity index (χ4v) is 2.61. The number of aliphatic hydroxyl groups is 1. The minimum atomic E-state index is -0.645. The second-order valence-electron chi connectivity index (χ2n) is 5.28. The molecule has 96 valence electrons. The minimum absolute atomic E-state index is 0.317. The second kappa shape index (κ2) is 5.17. The van der Waals surface area contributed by atoms with Gasteiger partial charge in [0.05, 0.1) is 12.0 Å². The smallest absolute Gasteiger partial charge is 0.229 e. The van der Waals surface area contributed by atoms with Gasteiger partial charge in [0.25, 0.3) is 0 Å². The maximum absolute atomic E-state index is 10.6. The molecule has 0 bridgehead atoms. The molecule has 1 aromatic heterocycles. The van der Waals surface area contributed by atoms with E-state index in [4.69, 9.17) is 4.52 Å². The predicted octanol–water partition coefficient (Wildman–Crippen LogP) is 2.51. The van der Waals surface area contributed by atoms with Crippen LogP contribution in [-0.4, -0.2) is 20.8 Å². The van der Waals surface area contributed by atoms with Gasteiger partial charge in [0.2, 0.25) is 5.89 Å². The monoisotopic (exact) mass is 238 g/mol. The van der Waals surface area contributed by atoms with Crippen LogP contribution in [0.4, 0.5) is 0 Å². The van der Waals surface area contributed by atoms with Gasteiger partial charge in [-0.25, -0.2) is 0 Å². The summed E-state index contributed by atoms with van der Waals surface area (Å²) in [5.41, 5.74) is -0.645. The Balaban J connectivity index is 2.02. The molecule has 1 aliphatic rings. The van der Waals surface area contributed by atoms with Crippen molar-refractivity contribution in [1.29, 1.82) is 0 Å². The van der Waals surface area contributed by atoms with Crippen molar-refractivity contribution in [2.45, 2.75) is 64.4 Å². The van der Waals surface area contributed by atoms with E-state index in [9.17, 15) is 5.11 Å². The van der Waals surface area contributed by atoms with Crippen molar-refractivity contribution in [3.05, 3.63) is 11.7 Å². The Labute approximate surface area is 102 Å². The highest BCUT2D eigenvalue weighted by atomic mass is 16.5. The van der Waals surface area contributed by atoms with Gasteiger partial charge in [-0.2, -0.15) is 4.98 Å². The SMILES string of the molecule is CCCc1noc(C[C@]2(O)CCCC[C@@H]2C)n1. The maximum Gasteiger partial charge on any atom is 0.229 e. The first-order chi connectivity index (χ1) is 8.14. The van der Waals surface area contributed by atoms with Crippen molar-refractivity contribution in [3.8, 4) is 0 Å². The molecule has 0 amide bonds. The Morgan fingerprint density at radius 3 is 3.00 bits per heavy atom. The largest absolute Gasteiger partial charge is 0.389 e. The molecule has 2 rings (SSSR count). The second-order valence-corrected chi connectivity index (χ2v) is 5.28. The number of hydrogen-bond donors (Lipinski definition) is 1. The standard InChI is InChI=1S/C13H22N2O2/c1-3-6-11-14-12(17-15-11)9-13(16)8-5-4-7-10(13)2/h10,16H,3-9H2,1-2H3/t10-,13+/m0/s1. The van der Waals surface area contributed by atoms with Crippen molar-refractivity contribution in [3.63, 3.8) is 0 Å². The van der Waals surface area contributed by atoms with E-state index in [-0.39, 0.29) is 0 Å². The molecule has 0 spiro atoms. The van der Waals surface area contributed by atoms with Crippen LogP contribution in [-0.2, 0) is 12.8 Å². The van der Waals surface area contributed by atoms with Crippen LogP contribution in [0.1, 0.15) is 57.7 Å². The first kappa shape index (κ1) is 12.6. The van der Waals surface area contributed by atoms with Crippen molar-refractivity contribution in [2.75, 3.05) is 0 Å². The number of aromatic nitrogens is 2. The summed E-state index contributed by atoms with van der Waals surface area (Å²) in [6.45, 7) is 4.20. The van der Waals surface area contributed by atoms with Crippen LogP contribution in [0.3, 0.4) is 0 Å². The van der Waals surface area contributed by atoms with E-state index in [2.05, 4.69) is 24.0 Å². The van der Waals surface area contributed by atoms with Gasteiger partial charge in [-0.15, -0.1) is 0 Å². The minimum Gasteiger partial charge on any atom is -0.389 e. The van der Waals surface area contributed by atoms with E-state index in [0.29, 0.717) is 18.2 Å². The lowest BCUT2D eigenvalue weighted by Crippen LogP contribution is -2.41. The van der Waals surface area contributed by atoms with Gasteiger partial charge in [0, 0.05) is 6.42 Å². The normalized spacial score (nSPS) is 29.5. The Morgan fingerprint density at radius 2 is 2.29 bits per heavy atom.